The highest BCUT2D eigenvalue weighted by atomic mass is 35.5. The number of carbonyl (C=O) groups is 1. The number of rotatable bonds is 5. The molecule has 0 bridgehead atoms. The monoisotopic (exact) mass is 356 g/mol. The third-order valence-electron chi connectivity index (χ3n) is 3.41. The molecule has 9 heteroatoms. The molecule has 3 aromatic rings. The zero-order chi connectivity index (χ0) is 17.8. The van der Waals surface area contributed by atoms with Crippen molar-refractivity contribution in [3.63, 3.8) is 0 Å². The van der Waals surface area contributed by atoms with Crippen molar-refractivity contribution < 1.29 is 9.53 Å². The van der Waals surface area contributed by atoms with Gasteiger partial charge in [0.1, 0.15) is 28.9 Å². The van der Waals surface area contributed by atoms with Gasteiger partial charge in [0.2, 0.25) is 0 Å². The van der Waals surface area contributed by atoms with Crippen LogP contribution < -0.4 is 10.1 Å². The zero-order valence-corrected chi connectivity index (χ0v) is 13.9. The van der Waals surface area contributed by atoms with Crippen molar-refractivity contribution in [2.24, 2.45) is 7.05 Å². The first-order valence-electron chi connectivity index (χ1n) is 7.22. The van der Waals surface area contributed by atoms with Crippen LogP contribution in [0.3, 0.4) is 0 Å². The number of anilines is 1. The summed E-state index contributed by atoms with van der Waals surface area (Å²) >= 11 is 5.83. The fraction of sp³-hybridized carbons (Fsp3) is 0.125. The van der Waals surface area contributed by atoms with Gasteiger partial charge in [-0.2, -0.15) is 15.5 Å². The summed E-state index contributed by atoms with van der Waals surface area (Å²) in [6.45, 7) is 0.0495. The molecule has 0 unspecified atom stereocenters. The quantitative estimate of drug-likeness (QED) is 0.757. The predicted octanol–water partition coefficient (Wildman–Crippen LogP) is 2.43. The smallest absolute Gasteiger partial charge is 0.275 e. The SMILES string of the molecule is Cn1ncc(C#N)c1NC(=O)c1ccnn1COc1ccc(Cl)cc1. The average Bonchev–Trinajstić information content (AvgIpc) is 3.21. The van der Waals surface area contributed by atoms with Gasteiger partial charge < -0.3 is 10.1 Å². The van der Waals surface area contributed by atoms with Crippen LogP contribution in [0.15, 0.2) is 42.7 Å². The van der Waals surface area contributed by atoms with Crippen LogP contribution in [-0.4, -0.2) is 25.5 Å². The lowest BCUT2D eigenvalue weighted by Gasteiger charge is -2.10. The van der Waals surface area contributed by atoms with E-state index >= 15 is 0 Å². The fourth-order valence-corrected chi connectivity index (χ4v) is 2.26. The van der Waals surface area contributed by atoms with Crippen molar-refractivity contribution in [1.29, 1.82) is 5.26 Å². The number of ether oxygens (including phenoxy) is 1. The molecule has 2 aromatic heterocycles. The molecule has 8 nitrogen and oxygen atoms in total. The topological polar surface area (TPSA) is 97.8 Å². The van der Waals surface area contributed by atoms with Crippen molar-refractivity contribution in [3.05, 3.63) is 59.0 Å². The van der Waals surface area contributed by atoms with Gasteiger partial charge in [0.25, 0.3) is 5.91 Å². The molecule has 126 valence electrons. The third-order valence-corrected chi connectivity index (χ3v) is 3.66. The lowest BCUT2D eigenvalue weighted by atomic mass is 10.3. The number of hydrogen-bond acceptors (Lipinski definition) is 5. The number of benzene rings is 1. The van der Waals surface area contributed by atoms with E-state index in [0.717, 1.165) is 0 Å². The number of nitriles is 1. The fourth-order valence-electron chi connectivity index (χ4n) is 2.13. The van der Waals surface area contributed by atoms with Crippen molar-refractivity contribution in [1.82, 2.24) is 19.6 Å². The minimum atomic E-state index is -0.419. The number of aryl methyl sites for hydroxylation is 1. The minimum Gasteiger partial charge on any atom is -0.471 e. The second kappa shape index (κ2) is 7.07. The highest BCUT2D eigenvalue weighted by molar-refractivity contribution is 6.30. The predicted molar refractivity (Wildman–Crippen MR) is 90.2 cm³/mol. The molecule has 3 rings (SSSR count). The Bertz CT molecular complexity index is 938. The lowest BCUT2D eigenvalue weighted by molar-refractivity contribution is 0.100. The first-order valence-corrected chi connectivity index (χ1v) is 7.60. The minimum absolute atomic E-state index is 0.0495. The summed E-state index contributed by atoms with van der Waals surface area (Å²) in [4.78, 5) is 12.5. The van der Waals surface area contributed by atoms with Crippen LogP contribution in [0.1, 0.15) is 16.1 Å². The standard InChI is InChI=1S/C16H13ClN6O2/c1-22-15(11(8-18)9-20-22)21-16(24)14-6-7-19-23(14)10-25-13-4-2-12(17)3-5-13/h2-7,9H,10H2,1H3,(H,21,24). The van der Waals surface area contributed by atoms with Crippen molar-refractivity contribution in [2.75, 3.05) is 5.32 Å². The Hall–Kier alpha value is -3.31. The van der Waals surface area contributed by atoms with E-state index in [1.807, 2.05) is 6.07 Å². The molecule has 1 aromatic carbocycles. The van der Waals surface area contributed by atoms with E-state index in [2.05, 4.69) is 15.5 Å². The largest absolute Gasteiger partial charge is 0.471 e. The van der Waals surface area contributed by atoms with Gasteiger partial charge in [-0.1, -0.05) is 11.6 Å². The molecular formula is C16H13ClN6O2. The molecule has 0 aliphatic carbocycles. The molecule has 0 fully saturated rings. The van der Waals surface area contributed by atoms with E-state index in [1.54, 1.807) is 37.4 Å². The van der Waals surface area contributed by atoms with E-state index in [0.29, 0.717) is 22.3 Å². The number of hydrogen-bond donors (Lipinski definition) is 1. The highest BCUT2D eigenvalue weighted by Gasteiger charge is 2.17. The summed E-state index contributed by atoms with van der Waals surface area (Å²) in [5, 5.41) is 20.4. The molecule has 0 atom stereocenters. The van der Waals surface area contributed by atoms with Gasteiger partial charge in [0, 0.05) is 18.3 Å². The average molecular weight is 357 g/mol. The molecule has 0 saturated heterocycles. The summed E-state index contributed by atoms with van der Waals surface area (Å²) in [6.07, 6.45) is 2.88. The molecule has 0 aliphatic rings. The molecule has 25 heavy (non-hydrogen) atoms. The Labute approximate surface area is 148 Å². The molecule has 2 heterocycles. The third kappa shape index (κ3) is 3.62. The van der Waals surface area contributed by atoms with Gasteiger partial charge in [-0.15, -0.1) is 0 Å². The molecular weight excluding hydrogens is 344 g/mol. The summed E-state index contributed by atoms with van der Waals surface area (Å²) in [6, 6.07) is 10.4. The van der Waals surface area contributed by atoms with Crippen molar-refractivity contribution >= 4 is 23.3 Å². The number of amides is 1. The summed E-state index contributed by atoms with van der Waals surface area (Å²) in [7, 11) is 1.64. The number of aromatic nitrogens is 4. The van der Waals surface area contributed by atoms with E-state index in [4.69, 9.17) is 21.6 Å². The van der Waals surface area contributed by atoms with Crippen LogP contribution in [-0.2, 0) is 13.8 Å². The van der Waals surface area contributed by atoms with E-state index in [-0.39, 0.29) is 12.3 Å². The normalized spacial score (nSPS) is 10.3. The molecule has 0 saturated carbocycles. The van der Waals surface area contributed by atoms with Crippen molar-refractivity contribution in [2.45, 2.75) is 6.73 Å². The first-order chi connectivity index (χ1) is 12.1. The van der Waals surface area contributed by atoms with Gasteiger partial charge >= 0.3 is 0 Å². The molecule has 0 aliphatic heterocycles. The van der Waals surface area contributed by atoms with E-state index in [1.165, 1.54) is 21.8 Å². The Morgan fingerprint density at radius 3 is 2.80 bits per heavy atom. The van der Waals surface area contributed by atoms with Crippen LogP contribution in [0, 0.1) is 11.3 Å². The Balaban J connectivity index is 1.72. The second-order valence-electron chi connectivity index (χ2n) is 5.04. The molecule has 1 amide bonds. The van der Waals surface area contributed by atoms with Gasteiger partial charge in [-0.3, -0.25) is 9.48 Å². The van der Waals surface area contributed by atoms with Crippen LogP contribution in [0.5, 0.6) is 5.75 Å². The van der Waals surface area contributed by atoms with E-state index in [9.17, 15) is 4.79 Å². The second-order valence-corrected chi connectivity index (χ2v) is 5.48. The van der Waals surface area contributed by atoms with Gasteiger partial charge in [-0.25, -0.2) is 4.68 Å². The first kappa shape index (κ1) is 16.5. The Kier molecular flexibility index (Phi) is 4.68. The Morgan fingerprint density at radius 2 is 2.08 bits per heavy atom. The molecule has 1 N–H and O–H groups in total. The maximum absolute atomic E-state index is 12.5. The summed E-state index contributed by atoms with van der Waals surface area (Å²) in [5.74, 6) is 0.501. The van der Waals surface area contributed by atoms with Crippen LogP contribution in [0.25, 0.3) is 0 Å². The summed E-state index contributed by atoms with van der Waals surface area (Å²) < 4.78 is 8.42. The lowest BCUT2D eigenvalue weighted by Crippen LogP contribution is -2.21. The van der Waals surface area contributed by atoms with Gasteiger partial charge in [-0.05, 0) is 30.3 Å². The zero-order valence-electron chi connectivity index (χ0n) is 13.2. The van der Waals surface area contributed by atoms with Crippen LogP contribution in [0.2, 0.25) is 5.02 Å². The number of nitrogens with zero attached hydrogens (tertiary/aromatic N) is 5. The maximum atomic E-state index is 12.5. The molecule has 0 spiro atoms. The Morgan fingerprint density at radius 1 is 1.32 bits per heavy atom. The number of halogens is 1. The maximum Gasteiger partial charge on any atom is 0.275 e. The van der Waals surface area contributed by atoms with Gasteiger partial charge in [0.15, 0.2) is 6.73 Å². The van der Waals surface area contributed by atoms with Crippen LogP contribution >= 0.6 is 11.6 Å². The van der Waals surface area contributed by atoms with Crippen LogP contribution in [0.4, 0.5) is 5.82 Å². The van der Waals surface area contributed by atoms with Gasteiger partial charge in [0.05, 0.1) is 6.20 Å². The number of carbonyl (C=O) groups excluding carboxylic acids is 1. The van der Waals surface area contributed by atoms with Crippen molar-refractivity contribution in [3.8, 4) is 11.8 Å². The van der Waals surface area contributed by atoms with E-state index < -0.39 is 5.91 Å². The number of nitrogens with one attached hydrogen (secondary N) is 1. The highest BCUT2D eigenvalue weighted by Crippen LogP contribution is 2.17. The summed E-state index contributed by atoms with van der Waals surface area (Å²) in [5.41, 5.74) is 0.568. The molecule has 0 radical (unpaired) electrons.